The van der Waals surface area contributed by atoms with Crippen LogP contribution in [0.4, 0.5) is 4.79 Å². The first-order valence-corrected chi connectivity index (χ1v) is 12.1. The summed E-state index contributed by atoms with van der Waals surface area (Å²) in [5.41, 5.74) is -0.130. The maximum atomic E-state index is 13.9. The summed E-state index contributed by atoms with van der Waals surface area (Å²) in [6.45, 7) is 10.9. The molecule has 0 saturated heterocycles. The lowest BCUT2D eigenvalue weighted by atomic mass is 9.98. The molecule has 0 saturated carbocycles. The van der Waals surface area contributed by atoms with Gasteiger partial charge in [-0.2, -0.15) is 0 Å². The lowest BCUT2D eigenvalue weighted by Crippen LogP contribution is -2.55. The van der Waals surface area contributed by atoms with Gasteiger partial charge in [0, 0.05) is 6.54 Å². The van der Waals surface area contributed by atoms with Crippen molar-refractivity contribution in [2.45, 2.75) is 78.5 Å². The minimum Gasteiger partial charge on any atom is -0.468 e. The standard InChI is InChI=1S/C26H41N3O6/c1-8-9-13-16-29(24(32)21(18(2)3)28-25(33)35-26(4,5)6)22(19-14-11-10-12-15-19)23(31)27-17-20(30)34-7/h10-12,14-15,18,21-22H,8-9,13,16-17H2,1-7H3,(H,27,31)(H,28,33). The molecule has 1 aromatic carbocycles. The molecule has 0 bridgehead atoms. The Morgan fingerprint density at radius 1 is 1.03 bits per heavy atom. The van der Waals surface area contributed by atoms with Crippen LogP contribution in [0.5, 0.6) is 0 Å². The van der Waals surface area contributed by atoms with Crippen LogP contribution in [-0.4, -0.2) is 60.6 Å². The third kappa shape index (κ3) is 10.4. The number of rotatable bonds is 12. The summed E-state index contributed by atoms with van der Waals surface area (Å²) in [7, 11) is 1.24. The van der Waals surface area contributed by atoms with Crippen molar-refractivity contribution in [1.29, 1.82) is 0 Å². The van der Waals surface area contributed by atoms with E-state index in [-0.39, 0.29) is 12.5 Å². The van der Waals surface area contributed by atoms with Gasteiger partial charge in [0.1, 0.15) is 24.2 Å². The second kappa shape index (κ2) is 14.3. The van der Waals surface area contributed by atoms with Crippen molar-refractivity contribution in [3.63, 3.8) is 0 Å². The molecule has 0 spiro atoms. The monoisotopic (exact) mass is 491 g/mol. The molecular weight excluding hydrogens is 450 g/mol. The summed E-state index contributed by atoms with van der Waals surface area (Å²) in [4.78, 5) is 52.8. The van der Waals surface area contributed by atoms with Crippen LogP contribution in [0.15, 0.2) is 30.3 Å². The van der Waals surface area contributed by atoms with E-state index in [1.165, 1.54) is 12.0 Å². The van der Waals surface area contributed by atoms with Gasteiger partial charge in [0.2, 0.25) is 11.8 Å². The molecule has 2 unspecified atom stereocenters. The van der Waals surface area contributed by atoms with E-state index in [9.17, 15) is 19.2 Å². The number of alkyl carbamates (subject to hydrolysis) is 1. The third-order valence-electron chi connectivity index (χ3n) is 5.20. The molecule has 0 aliphatic carbocycles. The number of hydrogen-bond donors (Lipinski definition) is 2. The molecule has 1 aromatic rings. The van der Waals surface area contributed by atoms with Crippen molar-refractivity contribution in [2.24, 2.45) is 5.92 Å². The highest BCUT2D eigenvalue weighted by atomic mass is 16.6. The number of nitrogens with one attached hydrogen (secondary N) is 2. The maximum absolute atomic E-state index is 13.9. The highest BCUT2D eigenvalue weighted by molar-refractivity contribution is 5.93. The van der Waals surface area contributed by atoms with E-state index in [1.54, 1.807) is 45.0 Å². The first-order chi connectivity index (χ1) is 16.4. The predicted octanol–water partition coefficient (Wildman–Crippen LogP) is 3.59. The summed E-state index contributed by atoms with van der Waals surface area (Å²) in [6.07, 6.45) is 1.76. The third-order valence-corrected chi connectivity index (χ3v) is 5.20. The van der Waals surface area contributed by atoms with Gasteiger partial charge >= 0.3 is 12.1 Å². The zero-order chi connectivity index (χ0) is 26.6. The molecule has 0 fully saturated rings. The normalized spacial score (nSPS) is 12.9. The number of nitrogens with zero attached hydrogens (tertiary/aromatic N) is 1. The van der Waals surface area contributed by atoms with Crippen molar-refractivity contribution < 1.29 is 28.7 Å². The van der Waals surface area contributed by atoms with Crippen LogP contribution in [0, 0.1) is 5.92 Å². The summed E-state index contributed by atoms with van der Waals surface area (Å²) in [5.74, 6) is -1.77. The van der Waals surface area contributed by atoms with E-state index in [4.69, 9.17) is 4.74 Å². The Morgan fingerprint density at radius 3 is 2.17 bits per heavy atom. The van der Waals surface area contributed by atoms with Gasteiger partial charge in [-0.05, 0) is 38.7 Å². The number of hydrogen-bond acceptors (Lipinski definition) is 6. The first-order valence-electron chi connectivity index (χ1n) is 12.1. The molecule has 9 nitrogen and oxygen atoms in total. The SMILES string of the molecule is CCCCCN(C(=O)C(NC(=O)OC(C)(C)C)C(C)C)C(C(=O)NCC(=O)OC)c1ccccc1. The minimum atomic E-state index is -0.994. The largest absolute Gasteiger partial charge is 0.468 e. The van der Waals surface area contributed by atoms with Gasteiger partial charge in [-0.25, -0.2) is 4.79 Å². The molecular formula is C26H41N3O6. The molecule has 196 valence electrons. The van der Waals surface area contributed by atoms with Gasteiger partial charge in [-0.3, -0.25) is 14.4 Å². The topological polar surface area (TPSA) is 114 Å². The summed E-state index contributed by atoms with van der Waals surface area (Å²) >= 11 is 0. The summed E-state index contributed by atoms with van der Waals surface area (Å²) < 4.78 is 10.00. The molecule has 9 heteroatoms. The molecule has 3 amide bonds. The minimum absolute atomic E-state index is 0.266. The Balaban J connectivity index is 3.37. The van der Waals surface area contributed by atoms with Crippen LogP contribution in [0.25, 0.3) is 0 Å². The van der Waals surface area contributed by atoms with Crippen LogP contribution in [0.2, 0.25) is 0 Å². The van der Waals surface area contributed by atoms with Crippen LogP contribution in [0.3, 0.4) is 0 Å². The summed E-state index contributed by atoms with van der Waals surface area (Å²) in [5, 5.41) is 5.27. The molecule has 0 aliphatic heterocycles. The zero-order valence-electron chi connectivity index (χ0n) is 22.1. The van der Waals surface area contributed by atoms with Gasteiger partial charge in [0.05, 0.1) is 7.11 Å². The number of ether oxygens (including phenoxy) is 2. The van der Waals surface area contributed by atoms with E-state index in [0.717, 1.165) is 12.8 Å². The number of esters is 1. The lowest BCUT2D eigenvalue weighted by molar-refractivity contribution is -0.145. The first kappa shape index (κ1) is 29.9. The van der Waals surface area contributed by atoms with Crippen molar-refractivity contribution in [3.05, 3.63) is 35.9 Å². The van der Waals surface area contributed by atoms with Crippen LogP contribution < -0.4 is 10.6 Å². The van der Waals surface area contributed by atoms with E-state index in [1.807, 2.05) is 26.8 Å². The van der Waals surface area contributed by atoms with Gasteiger partial charge in [0.15, 0.2) is 0 Å². The maximum Gasteiger partial charge on any atom is 0.408 e. The second-order valence-electron chi connectivity index (χ2n) is 9.71. The van der Waals surface area contributed by atoms with Crippen molar-refractivity contribution in [3.8, 4) is 0 Å². The Bertz CT molecular complexity index is 835. The molecule has 1 rings (SSSR count). The van der Waals surface area contributed by atoms with E-state index < -0.39 is 41.6 Å². The average molecular weight is 492 g/mol. The molecule has 2 atom stereocenters. The number of carbonyl (C=O) groups is 4. The smallest absolute Gasteiger partial charge is 0.408 e. The van der Waals surface area contributed by atoms with Crippen molar-refractivity contribution in [2.75, 3.05) is 20.2 Å². The summed E-state index contributed by atoms with van der Waals surface area (Å²) in [6, 6.07) is 6.99. The predicted molar refractivity (Wildman–Crippen MR) is 133 cm³/mol. The molecule has 0 aliphatic rings. The fourth-order valence-electron chi connectivity index (χ4n) is 3.46. The Labute approximate surface area is 208 Å². The second-order valence-corrected chi connectivity index (χ2v) is 9.71. The van der Waals surface area contributed by atoms with Crippen molar-refractivity contribution >= 4 is 23.9 Å². The zero-order valence-corrected chi connectivity index (χ0v) is 22.1. The highest BCUT2D eigenvalue weighted by Gasteiger charge is 2.37. The number of benzene rings is 1. The van der Waals surface area contributed by atoms with Gasteiger partial charge in [0.25, 0.3) is 0 Å². The average Bonchev–Trinajstić information content (AvgIpc) is 2.79. The molecule has 35 heavy (non-hydrogen) atoms. The van der Waals surface area contributed by atoms with Gasteiger partial charge in [-0.15, -0.1) is 0 Å². The van der Waals surface area contributed by atoms with Crippen LogP contribution >= 0.6 is 0 Å². The Hall–Kier alpha value is -3.10. The van der Waals surface area contributed by atoms with Crippen LogP contribution in [-0.2, 0) is 23.9 Å². The number of methoxy groups -OCH3 is 1. The van der Waals surface area contributed by atoms with E-state index in [2.05, 4.69) is 15.4 Å². The molecule has 2 N–H and O–H groups in total. The molecule has 0 radical (unpaired) electrons. The number of amides is 3. The van der Waals surface area contributed by atoms with Gasteiger partial charge < -0.3 is 25.0 Å². The van der Waals surface area contributed by atoms with Gasteiger partial charge in [-0.1, -0.05) is 63.9 Å². The molecule has 0 heterocycles. The van der Waals surface area contributed by atoms with E-state index >= 15 is 0 Å². The quantitative estimate of drug-likeness (QED) is 0.341. The van der Waals surface area contributed by atoms with Crippen LogP contribution in [0.1, 0.15) is 72.4 Å². The Kier molecular flexibility index (Phi) is 12.3. The fraction of sp³-hybridized carbons (Fsp3) is 0.615. The lowest BCUT2D eigenvalue weighted by Gasteiger charge is -2.35. The molecule has 0 aromatic heterocycles. The fourth-order valence-corrected chi connectivity index (χ4v) is 3.46. The highest BCUT2D eigenvalue weighted by Crippen LogP contribution is 2.24. The van der Waals surface area contributed by atoms with E-state index in [0.29, 0.717) is 18.5 Å². The Morgan fingerprint density at radius 2 is 1.66 bits per heavy atom. The number of carbonyl (C=O) groups excluding carboxylic acids is 4. The number of unbranched alkanes of at least 4 members (excludes halogenated alkanes) is 2. The van der Waals surface area contributed by atoms with Crippen molar-refractivity contribution in [1.82, 2.24) is 15.5 Å².